The summed E-state index contributed by atoms with van der Waals surface area (Å²) in [7, 11) is 0. The van der Waals surface area contributed by atoms with Crippen molar-refractivity contribution < 1.29 is 4.79 Å². The first-order chi connectivity index (χ1) is 7.00. The van der Waals surface area contributed by atoms with Gasteiger partial charge in [-0.1, -0.05) is 20.8 Å². The highest BCUT2D eigenvalue weighted by Gasteiger charge is 2.37. The molecule has 2 rings (SSSR count). The van der Waals surface area contributed by atoms with E-state index >= 15 is 0 Å². The lowest BCUT2D eigenvalue weighted by Crippen LogP contribution is -2.37. The molecule has 0 bridgehead atoms. The average Bonchev–Trinajstić information content (AvgIpc) is 2.63. The smallest absolute Gasteiger partial charge is 0.157 e. The van der Waals surface area contributed by atoms with Crippen LogP contribution in [0.15, 0.2) is 11.8 Å². The Labute approximate surface area is 92.3 Å². The molecular weight excluding hydrogens is 186 g/mol. The van der Waals surface area contributed by atoms with Crippen molar-refractivity contribution in [2.75, 3.05) is 13.1 Å². The average molecular weight is 207 g/mol. The molecule has 1 atom stereocenters. The minimum absolute atomic E-state index is 0.129. The minimum atomic E-state index is 0.129. The van der Waals surface area contributed by atoms with Gasteiger partial charge >= 0.3 is 0 Å². The number of allylic oxidation sites excluding steroid dienone is 2. The normalized spacial score (nSPS) is 30.6. The summed E-state index contributed by atoms with van der Waals surface area (Å²) in [6, 6.07) is 0. The van der Waals surface area contributed by atoms with E-state index in [4.69, 9.17) is 0 Å². The second kappa shape index (κ2) is 3.66. The molecule has 1 unspecified atom stereocenters. The van der Waals surface area contributed by atoms with Gasteiger partial charge in [-0.2, -0.15) is 0 Å². The van der Waals surface area contributed by atoms with E-state index in [9.17, 15) is 4.79 Å². The van der Waals surface area contributed by atoms with Gasteiger partial charge in [0.15, 0.2) is 5.78 Å². The molecular formula is C13H21NO. The van der Waals surface area contributed by atoms with E-state index in [0.717, 1.165) is 13.1 Å². The molecule has 84 valence electrons. The highest BCUT2D eigenvalue weighted by atomic mass is 16.1. The van der Waals surface area contributed by atoms with E-state index < -0.39 is 0 Å². The third kappa shape index (κ3) is 1.95. The molecule has 1 fully saturated rings. The van der Waals surface area contributed by atoms with Gasteiger partial charge in [-0.25, -0.2) is 0 Å². The molecule has 0 spiro atoms. The summed E-state index contributed by atoms with van der Waals surface area (Å²) in [6.45, 7) is 8.95. The third-order valence-electron chi connectivity index (χ3n) is 4.03. The highest BCUT2D eigenvalue weighted by Crippen LogP contribution is 2.41. The number of hydrogen-bond donors (Lipinski definition) is 0. The van der Waals surface area contributed by atoms with Crippen molar-refractivity contribution in [1.29, 1.82) is 0 Å². The van der Waals surface area contributed by atoms with Crippen LogP contribution in [0, 0.1) is 11.3 Å². The monoisotopic (exact) mass is 207 g/mol. The first kappa shape index (κ1) is 10.7. The fourth-order valence-corrected chi connectivity index (χ4v) is 2.68. The van der Waals surface area contributed by atoms with Crippen LogP contribution in [0.25, 0.3) is 0 Å². The second-order valence-corrected chi connectivity index (χ2v) is 5.62. The molecule has 0 aromatic heterocycles. The summed E-state index contributed by atoms with van der Waals surface area (Å²) in [5.74, 6) is 0.813. The van der Waals surface area contributed by atoms with E-state index in [-0.39, 0.29) is 5.41 Å². The molecule has 1 aliphatic heterocycles. The van der Waals surface area contributed by atoms with E-state index in [1.54, 1.807) is 0 Å². The number of nitrogens with zero attached hydrogens (tertiary/aromatic N) is 1. The fraction of sp³-hybridized carbons (Fsp3) is 0.769. The van der Waals surface area contributed by atoms with Crippen LogP contribution in [0.2, 0.25) is 0 Å². The molecule has 2 aliphatic rings. The lowest BCUT2D eigenvalue weighted by Gasteiger charge is -2.40. The topological polar surface area (TPSA) is 20.3 Å². The summed E-state index contributed by atoms with van der Waals surface area (Å²) in [6.07, 6.45) is 5.14. The first-order valence-electron chi connectivity index (χ1n) is 6.00. The zero-order valence-corrected chi connectivity index (χ0v) is 10.0. The maximum Gasteiger partial charge on any atom is 0.157 e. The van der Waals surface area contributed by atoms with E-state index in [1.165, 1.54) is 18.5 Å². The molecule has 2 heteroatoms. The van der Waals surface area contributed by atoms with Crippen LogP contribution in [0.5, 0.6) is 0 Å². The summed E-state index contributed by atoms with van der Waals surface area (Å²) in [5.41, 5.74) is 1.41. The molecule has 1 saturated heterocycles. The van der Waals surface area contributed by atoms with Crippen molar-refractivity contribution in [2.24, 2.45) is 11.3 Å². The van der Waals surface area contributed by atoms with Crippen LogP contribution in [0.1, 0.15) is 40.0 Å². The van der Waals surface area contributed by atoms with Gasteiger partial charge in [0, 0.05) is 37.2 Å². The van der Waals surface area contributed by atoms with Gasteiger partial charge in [0.25, 0.3) is 0 Å². The molecule has 0 aromatic rings. The van der Waals surface area contributed by atoms with Crippen molar-refractivity contribution in [1.82, 2.24) is 4.90 Å². The first-order valence-corrected chi connectivity index (χ1v) is 6.00. The third-order valence-corrected chi connectivity index (χ3v) is 4.03. The molecule has 0 saturated carbocycles. The van der Waals surface area contributed by atoms with Crippen molar-refractivity contribution in [3.05, 3.63) is 11.8 Å². The van der Waals surface area contributed by atoms with Crippen LogP contribution in [-0.4, -0.2) is 23.8 Å². The Bertz CT molecular complexity index is 298. The number of rotatable bonds is 1. The number of carbonyl (C=O) groups excluding carboxylic acids is 1. The molecule has 1 heterocycles. The minimum Gasteiger partial charge on any atom is -0.374 e. The SMILES string of the molecule is CC1C(N2CCCC2)=CC(=O)CC1(C)C. The zero-order valence-electron chi connectivity index (χ0n) is 10.0. The van der Waals surface area contributed by atoms with Crippen LogP contribution in [-0.2, 0) is 4.79 Å². The molecule has 1 aliphatic carbocycles. The Morgan fingerprint density at radius 2 is 1.93 bits per heavy atom. The van der Waals surface area contributed by atoms with E-state index in [2.05, 4.69) is 25.7 Å². The summed E-state index contributed by atoms with van der Waals surface area (Å²) in [5, 5.41) is 0. The van der Waals surface area contributed by atoms with Crippen molar-refractivity contribution >= 4 is 5.78 Å². The lowest BCUT2D eigenvalue weighted by molar-refractivity contribution is -0.118. The highest BCUT2D eigenvalue weighted by molar-refractivity contribution is 5.91. The molecule has 2 nitrogen and oxygen atoms in total. The van der Waals surface area contributed by atoms with E-state index in [1.807, 2.05) is 6.08 Å². The van der Waals surface area contributed by atoms with Gasteiger partial charge in [0.05, 0.1) is 0 Å². The predicted molar refractivity (Wildman–Crippen MR) is 61.5 cm³/mol. The standard InChI is InChI=1S/C13H21NO/c1-10-12(14-6-4-5-7-14)8-11(15)9-13(10,2)3/h8,10H,4-7,9H2,1-3H3. The van der Waals surface area contributed by atoms with E-state index in [0.29, 0.717) is 18.1 Å². The quantitative estimate of drug-likeness (QED) is 0.658. The van der Waals surface area contributed by atoms with Crippen molar-refractivity contribution in [2.45, 2.75) is 40.0 Å². The lowest BCUT2D eigenvalue weighted by atomic mass is 9.70. The Balaban J connectivity index is 2.25. The molecule has 0 N–H and O–H groups in total. The summed E-state index contributed by atoms with van der Waals surface area (Å²) < 4.78 is 0. The predicted octanol–water partition coefficient (Wildman–Crippen LogP) is 2.60. The summed E-state index contributed by atoms with van der Waals surface area (Å²) in [4.78, 5) is 14.1. The number of ketones is 1. The Morgan fingerprint density at radius 1 is 1.33 bits per heavy atom. The molecule has 0 radical (unpaired) electrons. The maximum atomic E-state index is 11.7. The fourth-order valence-electron chi connectivity index (χ4n) is 2.68. The second-order valence-electron chi connectivity index (χ2n) is 5.62. The van der Waals surface area contributed by atoms with Gasteiger partial charge in [-0.15, -0.1) is 0 Å². The molecule has 0 aromatic carbocycles. The number of likely N-dealkylation sites (tertiary alicyclic amines) is 1. The van der Waals surface area contributed by atoms with Crippen LogP contribution in [0.4, 0.5) is 0 Å². The van der Waals surface area contributed by atoms with Crippen molar-refractivity contribution in [3.63, 3.8) is 0 Å². The van der Waals surface area contributed by atoms with Crippen LogP contribution in [0.3, 0.4) is 0 Å². The molecule has 0 amide bonds. The van der Waals surface area contributed by atoms with Crippen molar-refractivity contribution in [3.8, 4) is 0 Å². The van der Waals surface area contributed by atoms with Crippen LogP contribution >= 0.6 is 0 Å². The van der Waals surface area contributed by atoms with Gasteiger partial charge < -0.3 is 4.90 Å². The molecule has 15 heavy (non-hydrogen) atoms. The van der Waals surface area contributed by atoms with Crippen LogP contribution < -0.4 is 0 Å². The van der Waals surface area contributed by atoms with Gasteiger partial charge in [-0.3, -0.25) is 4.79 Å². The van der Waals surface area contributed by atoms with Gasteiger partial charge in [0.2, 0.25) is 0 Å². The number of hydrogen-bond acceptors (Lipinski definition) is 2. The van der Waals surface area contributed by atoms with Gasteiger partial charge in [-0.05, 0) is 18.3 Å². The van der Waals surface area contributed by atoms with Gasteiger partial charge in [0.1, 0.15) is 0 Å². The largest absolute Gasteiger partial charge is 0.374 e. The number of carbonyl (C=O) groups is 1. The Morgan fingerprint density at radius 3 is 2.53 bits per heavy atom. The zero-order chi connectivity index (χ0) is 11.1. The summed E-state index contributed by atoms with van der Waals surface area (Å²) >= 11 is 0. The maximum absolute atomic E-state index is 11.7. The Kier molecular flexibility index (Phi) is 2.61. The Hall–Kier alpha value is -0.790.